The van der Waals surface area contributed by atoms with Crippen LogP contribution in [0.25, 0.3) is 10.4 Å². The number of hydrogen-bond acceptors (Lipinski definition) is 5. The molecule has 2 atom stereocenters. The number of azide groups is 1. The molecule has 1 heterocycles. The predicted molar refractivity (Wildman–Crippen MR) is 116 cm³/mol. The Bertz CT molecular complexity index is 757. The van der Waals surface area contributed by atoms with E-state index in [1.807, 2.05) is 6.07 Å². The van der Waals surface area contributed by atoms with Crippen molar-refractivity contribution in [3.05, 3.63) is 34.2 Å². The average molecular weight is 418 g/mol. The van der Waals surface area contributed by atoms with E-state index in [0.717, 1.165) is 49.2 Å². The standard InChI is InChI=1S/C23H35N3O4/c1-21(2,3)17-7-9-23(29-11-12-30-23)22(16-17,8-6-10-25-26-24)18-13-19(27-4)15-20(14-18)28-5/h13-15,17H,6-12,16H2,1-5H3/t17-,22+/m0/s1. The highest BCUT2D eigenvalue weighted by atomic mass is 16.7. The number of nitrogens with zero attached hydrogens (tertiary/aromatic N) is 3. The molecule has 1 aromatic carbocycles. The SMILES string of the molecule is COc1cc(OC)cc([C@@]2(CCCN=[N+]=[N-])C[C@@H](C(C)(C)C)CCC23OCCO3)c1. The molecule has 0 N–H and O–H groups in total. The van der Waals surface area contributed by atoms with Gasteiger partial charge in [0.25, 0.3) is 0 Å². The summed E-state index contributed by atoms with van der Waals surface area (Å²) in [5, 5.41) is 3.78. The Balaban J connectivity index is 2.15. The van der Waals surface area contributed by atoms with Crippen LogP contribution in [0.2, 0.25) is 0 Å². The highest BCUT2D eigenvalue weighted by molar-refractivity contribution is 5.44. The van der Waals surface area contributed by atoms with E-state index < -0.39 is 5.79 Å². The van der Waals surface area contributed by atoms with Crippen LogP contribution >= 0.6 is 0 Å². The van der Waals surface area contributed by atoms with Crippen LogP contribution in [0, 0.1) is 11.3 Å². The quantitative estimate of drug-likeness (QED) is 0.249. The molecule has 1 aliphatic carbocycles. The lowest BCUT2D eigenvalue weighted by Crippen LogP contribution is -2.57. The second kappa shape index (κ2) is 9.04. The first-order chi connectivity index (χ1) is 14.3. The molecule has 0 unspecified atom stereocenters. The zero-order valence-corrected chi connectivity index (χ0v) is 18.9. The summed E-state index contributed by atoms with van der Waals surface area (Å²) in [7, 11) is 3.34. The molecule has 2 fully saturated rings. The van der Waals surface area contributed by atoms with Gasteiger partial charge in [0.05, 0.1) is 27.4 Å². The van der Waals surface area contributed by atoms with Crippen LogP contribution in [-0.4, -0.2) is 39.8 Å². The van der Waals surface area contributed by atoms with E-state index in [1.54, 1.807) is 14.2 Å². The summed E-state index contributed by atoms with van der Waals surface area (Å²) in [5.41, 5.74) is 9.64. The molecule has 0 aromatic heterocycles. The number of benzene rings is 1. The van der Waals surface area contributed by atoms with E-state index in [-0.39, 0.29) is 10.8 Å². The summed E-state index contributed by atoms with van der Waals surface area (Å²) < 4.78 is 24.0. The molecule has 1 spiro atoms. The van der Waals surface area contributed by atoms with Gasteiger partial charge in [-0.15, -0.1) is 0 Å². The van der Waals surface area contributed by atoms with E-state index in [0.29, 0.717) is 25.7 Å². The van der Waals surface area contributed by atoms with Crippen LogP contribution < -0.4 is 9.47 Å². The molecule has 7 heteroatoms. The lowest BCUT2D eigenvalue weighted by Gasteiger charge is -2.55. The molecule has 1 aliphatic heterocycles. The first-order valence-corrected chi connectivity index (χ1v) is 10.8. The van der Waals surface area contributed by atoms with E-state index in [1.165, 1.54) is 0 Å². The summed E-state index contributed by atoms with van der Waals surface area (Å²) in [5.74, 6) is 1.34. The molecule has 30 heavy (non-hydrogen) atoms. The first kappa shape index (κ1) is 22.7. The monoisotopic (exact) mass is 417 g/mol. The summed E-state index contributed by atoms with van der Waals surface area (Å²) >= 11 is 0. The minimum atomic E-state index is -0.678. The van der Waals surface area contributed by atoms with Crippen LogP contribution in [0.4, 0.5) is 0 Å². The van der Waals surface area contributed by atoms with Gasteiger partial charge in [0.2, 0.25) is 0 Å². The summed E-state index contributed by atoms with van der Waals surface area (Å²) in [6.45, 7) is 8.57. The van der Waals surface area contributed by atoms with Gasteiger partial charge in [-0.3, -0.25) is 0 Å². The van der Waals surface area contributed by atoms with Gasteiger partial charge in [-0.25, -0.2) is 0 Å². The normalized spacial score (nSPS) is 25.7. The van der Waals surface area contributed by atoms with Gasteiger partial charge in [-0.2, -0.15) is 0 Å². The third-order valence-electron chi connectivity index (χ3n) is 6.95. The van der Waals surface area contributed by atoms with Crippen molar-refractivity contribution < 1.29 is 18.9 Å². The molecule has 2 aliphatic rings. The number of rotatable bonds is 7. The second-order valence-electron chi connectivity index (χ2n) is 9.50. The molecule has 1 saturated heterocycles. The van der Waals surface area contributed by atoms with Crippen molar-refractivity contribution in [2.24, 2.45) is 16.4 Å². The molecule has 1 saturated carbocycles. The Kier molecular flexibility index (Phi) is 6.85. The van der Waals surface area contributed by atoms with Gasteiger partial charge in [0.1, 0.15) is 11.5 Å². The number of methoxy groups -OCH3 is 2. The average Bonchev–Trinajstić information content (AvgIpc) is 3.21. The third-order valence-corrected chi connectivity index (χ3v) is 6.95. The van der Waals surface area contributed by atoms with Gasteiger partial charge in [-0.05, 0) is 60.2 Å². The lowest BCUT2D eigenvalue weighted by atomic mass is 9.56. The van der Waals surface area contributed by atoms with Crippen molar-refractivity contribution in [2.75, 3.05) is 34.0 Å². The fourth-order valence-corrected chi connectivity index (χ4v) is 5.25. The maximum atomic E-state index is 8.75. The molecule has 1 aromatic rings. The minimum Gasteiger partial charge on any atom is -0.497 e. The van der Waals surface area contributed by atoms with E-state index in [9.17, 15) is 0 Å². The fourth-order valence-electron chi connectivity index (χ4n) is 5.25. The van der Waals surface area contributed by atoms with Crippen molar-refractivity contribution >= 4 is 0 Å². The lowest BCUT2D eigenvalue weighted by molar-refractivity contribution is -0.240. The molecule has 3 rings (SSSR count). The summed E-state index contributed by atoms with van der Waals surface area (Å²) in [4.78, 5) is 2.93. The Hall–Kier alpha value is -1.95. The van der Waals surface area contributed by atoms with Crippen molar-refractivity contribution in [3.8, 4) is 11.5 Å². The highest BCUT2D eigenvalue weighted by Gasteiger charge is 2.60. The largest absolute Gasteiger partial charge is 0.497 e. The van der Waals surface area contributed by atoms with Crippen LogP contribution in [0.5, 0.6) is 11.5 Å². The zero-order chi connectivity index (χ0) is 21.8. The van der Waals surface area contributed by atoms with Gasteiger partial charge in [-0.1, -0.05) is 25.9 Å². The molecular formula is C23H35N3O4. The summed E-state index contributed by atoms with van der Waals surface area (Å²) in [6, 6.07) is 6.08. The molecular weight excluding hydrogens is 382 g/mol. The number of hydrogen-bond donors (Lipinski definition) is 0. The van der Waals surface area contributed by atoms with Crippen LogP contribution in [0.15, 0.2) is 23.3 Å². The maximum absolute atomic E-state index is 8.75. The van der Waals surface area contributed by atoms with E-state index in [2.05, 4.69) is 42.9 Å². The zero-order valence-electron chi connectivity index (χ0n) is 18.9. The van der Waals surface area contributed by atoms with Crippen LogP contribution in [0.3, 0.4) is 0 Å². The molecule has 7 nitrogen and oxygen atoms in total. The maximum Gasteiger partial charge on any atom is 0.178 e. The minimum absolute atomic E-state index is 0.166. The first-order valence-electron chi connectivity index (χ1n) is 10.8. The number of ether oxygens (including phenoxy) is 4. The Labute approximate surface area is 179 Å². The predicted octanol–water partition coefficient (Wildman–Crippen LogP) is 5.62. The fraction of sp³-hybridized carbons (Fsp3) is 0.739. The van der Waals surface area contributed by atoms with E-state index in [4.69, 9.17) is 24.5 Å². The van der Waals surface area contributed by atoms with Crippen molar-refractivity contribution in [2.45, 2.75) is 64.1 Å². The van der Waals surface area contributed by atoms with Gasteiger partial charge >= 0.3 is 0 Å². The van der Waals surface area contributed by atoms with Gasteiger partial charge < -0.3 is 18.9 Å². The van der Waals surface area contributed by atoms with Gasteiger partial charge in [0, 0.05) is 29.4 Å². The van der Waals surface area contributed by atoms with Crippen LogP contribution in [0.1, 0.15) is 58.4 Å². The molecule has 0 amide bonds. The molecule has 0 bridgehead atoms. The van der Waals surface area contributed by atoms with Gasteiger partial charge in [0.15, 0.2) is 5.79 Å². The topological polar surface area (TPSA) is 85.7 Å². The highest BCUT2D eigenvalue weighted by Crippen LogP contribution is 2.58. The second-order valence-corrected chi connectivity index (χ2v) is 9.50. The molecule has 166 valence electrons. The summed E-state index contributed by atoms with van der Waals surface area (Å²) in [6.07, 6.45) is 4.39. The third kappa shape index (κ3) is 4.25. The van der Waals surface area contributed by atoms with E-state index >= 15 is 0 Å². The van der Waals surface area contributed by atoms with Crippen molar-refractivity contribution in [3.63, 3.8) is 0 Å². The van der Waals surface area contributed by atoms with Crippen LogP contribution in [-0.2, 0) is 14.9 Å². The van der Waals surface area contributed by atoms with Crippen molar-refractivity contribution in [1.29, 1.82) is 0 Å². The smallest absolute Gasteiger partial charge is 0.178 e. The van der Waals surface area contributed by atoms with Crippen molar-refractivity contribution in [1.82, 2.24) is 0 Å². The molecule has 0 radical (unpaired) electrons. The Morgan fingerprint density at radius 3 is 2.30 bits per heavy atom. The Morgan fingerprint density at radius 1 is 1.13 bits per heavy atom. The Morgan fingerprint density at radius 2 is 1.77 bits per heavy atom.